The standard InChI is InChI=1S/C66H50N4/c1-65(2,3)57-35-43-33-55-59(47-27-13-15-29-51(47)67(55)45-25-17-23-41(31-45)39-19-9-7-10-20-39)61-49-37-50-54(38-53(49)69(57)63(43)61)70-58(66(4,5)6)36-44-34-56-60(62(50)64(44)70)48-28-14-16-30-52(48)68(56)46-26-18-24-42(32-46)40-21-11-8-12-22-40/h7-38H,1-6H3. The molecule has 0 aliphatic heterocycles. The molecule has 0 saturated carbocycles. The zero-order valence-electron chi connectivity index (χ0n) is 40.3. The highest BCUT2D eigenvalue weighted by Gasteiger charge is 2.31. The molecule has 15 aromatic rings. The molecule has 9 aromatic carbocycles. The molecule has 4 heteroatoms. The summed E-state index contributed by atoms with van der Waals surface area (Å²) in [5, 5.41) is 12.9. The second kappa shape index (κ2) is 13.7. The van der Waals surface area contributed by atoms with Crippen LogP contribution in [0.3, 0.4) is 0 Å². The molecule has 0 aliphatic carbocycles. The molecule has 334 valence electrons. The van der Waals surface area contributed by atoms with Gasteiger partial charge in [-0.25, -0.2) is 0 Å². The van der Waals surface area contributed by atoms with Gasteiger partial charge in [-0.15, -0.1) is 0 Å². The molecule has 0 N–H and O–H groups in total. The van der Waals surface area contributed by atoms with Crippen molar-refractivity contribution in [2.45, 2.75) is 52.4 Å². The monoisotopic (exact) mass is 898 g/mol. The van der Waals surface area contributed by atoms with E-state index in [4.69, 9.17) is 0 Å². The number of aromatic nitrogens is 4. The molecule has 6 heterocycles. The van der Waals surface area contributed by atoms with Gasteiger partial charge in [-0.2, -0.15) is 0 Å². The Kier molecular flexibility index (Phi) is 7.74. The number of fused-ring (bicyclic) bond motifs is 14. The summed E-state index contributed by atoms with van der Waals surface area (Å²) >= 11 is 0. The summed E-state index contributed by atoms with van der Waals surface area (Å²) in [7, 11) is 0. The van der Waals surface area contributed by atoms with Crippen molar-refractivity contribution in [3.63, 3.8) is 0 Å². The fourth-order valence-corrected chi connectivity index (χ4v) is 12.6. The van der Waals surface area contributed by atoms with E-state index >= 15 is 0 Å². The summed E-state index contributed by atoms with van der Waals surface area (Å²) in [5.41, 5.74) is 19.6. The number of nitrogens with zero attached hydrogens (tertiary/aromatic N) is 4. The van der Waals surface area contributed by atoms with Crippen LogP contribution in [-0.4, -0.2) is 17.9 Å². The second-order valence-electron chi connectivity index (χ2n) is 21.8. The van der Waals surface area contributed by atoms with Crippen LogP contribution in [0.15, 0.2) is 194 Å². The summed E-state index contributed by atoms with van der Waals surface area (Å²) in [6, 6.07) is 72.8. The molecular weight excluding hydrogens is 849 g/mol. The van der Waals surface area contributed by atoms with E-state index in [1.165, 1.54) is 132 Å². The highest BCUT2D eigenvalue weighted by Crippen LogP contribution is 2.51. The minimum atomic E-state index is -0.116. The van der Waals surface area contributed by atoms with E-state index in [0.717, 1.165) is 11.4 Å². The largest absolute Gasteiger partial charge is 0.312 e. The van der Waals surface area contributed by atoms with Crippen molar-refractivity contribution >= 4 is 98.0 Å². The average molecular weight is 899 g/mol. The maximum absolute atomic E-state index is 2.63. The summed E-state index contributed by atoms with van der Waals surface area (Å²) in [5.74, 6) is 0. The molecule has 0 bridgehead atoms. The van der Waals surface area contributed by atoms with Crippen molar-refractivity contribution in [2.24, 2.45) is 0 Å². The van der Waals surface area contributed by atoms with Crippen LogP contribution in [0.4, 0.5) is 0 Å². The fraction of sp³-hybridized carbons (Fsp3) is 0.121. The van der Waals surface area contributed by atoms with E-state index < -0.39 is 0 Å². The van der Waals surface area contributed by atoms with Crippen molar-refractivity contribution < 1.29 is 0 Å². The quantitative estimate of drug-likeness (QED) is 0.168. The third-order valence-electron chi connectivity index (χ3n) is 15.5. The van der Waals surface area contributed by atoms with Crippen LogP contribution in [0.5, 0.6) is 0 Å². The minimum absolute atomic E-state index is 0.116. The smallest absolute Gasteiger partial charge is 0.0618 e. The molecule has 0 spiro atoms. The molecule has 0 radical (unpaired) electrons. The van der Waals surface area contributed by atoms with E-state index in [0.29, 0.717) is 0 Å². The summed E-state index contributed by atoms with van der Waals surface area (Å²) in [6.07, 6.45) is 0. The number of benzene rings is 9. The van der Waals surface area contributed by atoms with Gasteiger partial charge in [0, 0.05) is 87.5 Å². The molecule has 70 heavy (non-hydrogen) atoms. The van der Waals surface area contributed by atoms with Gasteiger partial charge >= 0.3 is 0 Å². The maximum atomic E-state index is 2.63. The van der Waals surface area contributed by atoms with Gasteiger partial charge < -0.3 is 17.9 Å². The lowest BCUT2D eigenvalue weighted by molar-refractivity contribution is 0.567. The van der Waals surface area contributed by atoms with Crippen molar-refractivity contribution in [1.82, 2.24) is 17.9 Å². The molecule has 6 aromatic heterocycles. The Morgan fingerprint density at radius 1 is 0.286 bits per heavy atom. The summed E-state index contributed by atoms with van der Waals surface area (Å²) in [6.45, 7) is 14.2. The van der Waals surface area contributed by atoms with Crippen LogP contribution in [0.1, 0.15) is 52.9 Å². The molecule has 0 fully saturated rings. The molecule has 0 atom stereocenters. The third-order valence-corrected chi connectivity index (χ3v) is 15.5. The van der Waals surface area contributed by atoms with E-state index in [1.54, 1.807) is 0 Å². The molecular formula is C66H50N4. The Balaban J connectivity index is 1.12. The Labute approximate surface area is 405 Å². The van der Waals surface area contributed by atoms with Gasteiger partial charge in [0.15, 0.2) is 0 Å². The Hall–Kier alpha value is -8.34. The van der Waals surface area contributed by atoms with E-state index in [2.05, 4.69) is 254 Å². The molecule has 0 saturated heterocycles. The van der Waals surface area contributed by atoms with Crippen LogP contribution in [0.25, 0.3) is 132 Å². The number of hydrogen-bond donors (Lipinski definition) is 0. The van der Waals surface area contributed by atoms with Gasteiger partial charge in [-0.05, 0) is 95.1 Å². The molecule has 4 nitrogen and oxygen atoms in total. The van der Waals surface area contributed by atoms with Crippen LogP contribution < -0.4 is 0 Å². The first kappa shape index (κ1) is 39.6. The van der Waals surface area contributed by atoms with Gasteiger partial charge in [-0.3, -0.25) is 0 Å². The van der Waals surface area contributed by atoms with E-state index in [-0.39, 0.29) is 10.8 Å². The lowest BCUT2D eigenvalue weighted by atomic mass is 9.91. The average Bonchev–Trinajstić information content (AvgIpc) is 4.22. The lowest BCUT2D eigenvalue weighted by Gasteiger charge is -2.19. The van der Waals surface area contributed by atoms with Crippen molar-refractivity contribution in [3.05, 3.63) is 206 Å². The van der Waals surface area contributed by atoms with Crippen LogP contribution >= 0.6 is 0 Å². The van der Waals surface area contributed by atoms with Crippen LogP contribution in [0.2, 0.25) is 0 Å². The van der Waals surface area contributed by atoms with Crippen molar-refractivity contribution in [3.8, 4) is 33.6 Å². The van der Waals surface area contributed by atoms with Gasteiger partial charge in [0.05, 0.1) is 44.1 Å². The minimum Gasteiger partial charge on any atom is -0.312 e. The highest BCUT2D eigenvalue weighted by molar-refractivity contribution is 6.37. The Morgan fingerprint density at radius 2 is 0.686 bits per heavy atom. The maximum Gasteiger partial charge on any atom is 0.0618 e. The first-order valence-electron chi connectivity index (χ1n) is 24.8. The van der Waals surface area contributed by atoms with Gasteiger partial charge in [-0.1, -0.05) is 163 Å². The zero-order chi connectivity index (χ0) is 46.9. The van der Waals surface area contributed by atoms with Crippen LogP contribution in [-0.2, 0) is 10.8 Å². The molecule has 0 amide bonds. The number of hydrogen-bond acceptors (Lipinski definition) is 0. The van der Waals surface area contributed by atoms with E-state index in [1.807, 2.05) is 0 Å². The highest BCUT2D eigenvalue weighted by atomic mass is 15.0. The van der Waals surface area contributed by atoms with Crippen molar-refractivity contribution in [1.29, 1.82) is 0 Å². The Bertz CT molecular complexity index is 4340. The van der Waals surface area contributed by atoms with Crippen molar-refractivity contribution in [2.75, 3.05) is 0 Å². The first-order chi connectivity index (χ1) is 34.0. The zero-order valence-corrected chi connectivity index (χ0v) is 40.3. The predicted molar refractivity (Wildman–Crippen MR) is 298 cm³/mol. The number of rotatable bonds is 4. The van der Waals surface area contributed by atoms with Gasteiger partial charge in [0.1, 0.15) is 0 Å². The second-order valence-corrected chi connectivity index (χ2v) is 21.8. The van der Waals surface area contributed by atoms with Crippen LogP contribution in [0, 0.1) is 0 Å². The first-order valence-corrected chi connectivity index (χ1v) is 24.8. The fourth-order valence-electron chi connectivity index (χ4n) is 12.6. The summed E-state index contributed by atoms with van der Waals surface area (Å²) < 4.78 is 10.3. The molecule has 0 aliphatic rings. The normalized spacial score (nSPS) is 13.0. The van der Waals surface area contributed by atoms with E-state index in [9.17, 15) is 0 Å². The predicted octanol–water partition coefficient (Wildman–Crippen LogP) is 17.8. The SMILES string of the molecule is CC(C)(C)c1cc2cc3c(c4ccccc4n3-c3cccc(-c4ccccc4)c3)c3c4cc5c6c7c8ccccc8n(-c8cccc(-c9ccccc9)c8)c7cc7cc(C(C)(C)C)n(c5cc4n1c23)c76. The van der Waals surface area contributed by atoms with Gasteiger partial charge in [0.2, 0.25) is 0 Å². The third kappa shape index (κ3) is 5.25. The summed E-state index contributed by atoms with van der Waals surface area (Å²) in [4.78, 5) is 0. The lowest BCUT2D eigenvalue weighted by Crippen LogP contribution is -2.14. The van der Waals surface area contributed by atoms with Gasteiger partial charge in [0.25, 0.3) is 0 Å². The molecule has 15 rings (SSSR count). The molecule has 0 unspecified atom stereocenters. The number of para-hydroxylation sites is 2. The topological polar surface area (TPSA) is 18.7 Å². The Morgan fingerprint density at radius 3 is 1.11 bits per heavy atom.